The first-order valence-electron chi connectivity index (χ1n) is 11.2. The molecule has 2 unspecified atom stereocenters. The van der Waals surface area contributed by atoms with Gasteiger partial charge in [-0.25, -0.2) is 5.01 Å². The number of carbonyl (C=O) groups excluding carboxylic acids is 1. The van der Waals surface area contributed by atoms with Crippen LogP contribution in [0.1, 0.15) is 41.7 Å². The number of hydrogen-bond acceptors (Lipinski definition) is 5. The second-order valence-corrected chi connectivity index (χ2v) is 11.7. The smallest absolute Gasteiger partial charge is 0.282 e. The molecule has 0 bridgehead atoms. The number of piperidine rings is 1. The molecule has 0 radical (unpaired) electrons. The Morgan fingerprint density at radius 3 is 2.47 bits per heavy atom. The molecule has 2 atom stereocenters. The molecule has 0 aliphatic carbocycles. The lowest BCUT2D eigenvalue weighted by molar-refractivity contribution is -0.119. The molecule has 34 heavy (non-hydrogen) atoms. The van der Waals surface area contributed by atoms with Gasteiger partial charge in [0.05, 0.1) is 26.5 Å². The van der Waals surface area contributed by atoms with Crippen LogP contribution in [0.2, 0.25) is 10.0 Å². The highest BCUT2D eigenvalue weighted by Gasteiger charge is 2.44. The number of hydrazine groups is 1. The predicted octanol–water partition coefficient (Wildman–Crippen LogP) is 7.04. The zero-order valence-corrected chi connectivity index (χ0v) is 22.2. The molecule has 1 fully saturated rings. The van der Waals surface area contributed by atoms with Crippen molar-refractivity contribution in [3.8, 4) is 0 Å². The molecule has 9 heteroatoms. The Morgan fingerprint density at radius 2 is 1.79 bits per heavy atom. The summed E-state index contributed by atoms with van der Waals surface area (Å²) >= 11 is 18.0. The van der Waals surface area contributed by atoms with Crippen molar-refractivity contribution in [1.82, 2.24) is 10.4 Å². The molecule has 1 saturated heterocycles. The standard InChI is InChI=1S/C25H23BrCl2N4OS/c26-21-12-11-20(34-21)24-22(16-7-3-1-4-8-16)23(25(33)30-31-13-5-2-6-14-31)29-32(24)19-10-9-17(27)15-18(19)28/h1,3-4,7-12,15,22,24H,2,5-6,13-14H2,(H,30,33). The molecule has 1 amide bonds. The van der Waals surface area contributed by atoms with E-state index in [9.17, 15) is 4.79 Å². The average Bonchev–Trinajstić information content (AvgIpc) is 3.44. The number of halogens is 3. The molecule has 3 heterocycles. The first kappa shape index (κ1) is 23.8. The Kier molecular flexibility index (Phi) is 7.27. The van der Waals surface area contributed by atoms with E-state index in [1.807, 2.05) is 40.3 Å². The first-order valence-corrected chi connectivity index (χ1v) is 13.6. The molecule has 3 aromatic rings. The van der Waals surface area contributed by atoms with Gasteiger partial charge in [-0.05, 0) is 64.7 Å². The van der Waals surface area contributed by atoms with Crippen LogP contribution in [0.15, 0.2) is 69.6 Å². The Morgan fingerprint density at radius 1 is 1.03 bits per heavy atom. The normalized spacial score (nSPS) is 20.9. The van der Waals surface area contributed by atoms with Gasteiger partial charge in [0.1, 0.15) is 5.71 Å². The Bertz CT molecular complexity index is 1210. The summed E-state index contributed by atoms with van der Waals surface area (Å²) in [6, 6.07) is 19.3. The van der Waals surface area contributed by atoms with Crippen molar-refractivity contribution in [2.45, 2.75) is 31.2 Å². The fourth-order valence-electron chi connectivity index (χ4n) is 4.57. The zero-order valence-electron chi connectivity index (χ0n) is 18.3. The number of hydrazone groups is 1. The van der Waals surface area contributed by atoms with Crippen LogP contribution in [0.25, 0.3) is 0 Å². The Balaban J connectivity index is 1.61. The lowest BCUT2D eigenvalue weighted by Gasteiger charge is -2.29. The molecule has 1 N–H and O–H groups in total. The number of benzene rings is 2. The van der Waals surface area contributed by atoms with Crippen molar-refractivity contribution >= 4 is 67.8 Å². The highest BCUT2D eigenvalue weighted by atomic mass is 79.9. The zero-order chi connectivity index (χ0) is 23.7. The quantitative estimate of drug-likeness (QED) is 0.354. The van der Waals surface area contributed by atoms with Crippen LogP contribution in [0, 0.1) is 0 Å². The van der Waals surface area contributed by atoms with Crippen molar-refractivity contribution in [1.29, 1.82) is 0 Å². The van der Waals surface area contributed by atoms with Gasteiger partial charge in [-0.3, -0.25) is 15.2 Å². The monoisotopic (exact) mass is 576 g/mol. The topological polar surface area (TPSA) is 47.9 Å². The van der Waals surface area contributed by atoms with Gasteiger partial charge in [0.15, 0.2) is 0 Å². The van der Waals surface area contributed by atoms with Crippen LogP contribution >= 0.6 is 50.5 Å². The first-order chi connectivity index (χ1) is 16.5. The Hall–Kier alpha value is -1.90. The van der Waals surface area contributed by atoms with Gasteiger partial charge in [-0.2, -0.15) is 5.10 Å². The van der Waals surface area contributed by atoms with Gasteiger partial charge in [0, 0.05) is 23.0 Å². The van der Waals surface area contributed by atoms with Crippen LogP contribution in [0.4, 0.5) is 5.69 Å². The van der Waals surface area contributed by atoms with Gasteiger partial charge in [0.2, 0.25) is 0 Å². The van der Waals surface area contributed by atoms with Gasteiger partial charge >= 0.3 is 0 Å². The largest absolute Gasteiger partial charge is 0.284 e. The minimum absolute atomic E-state index is 0.177. The molecule has 2 aliphatic rings. The van der Waals surface area contributed by atoms with Crippen molar-refractivity contribution in [3.05, 3.63) is 84.9 Å². The minimum Gasteiger partial charge on any atom is -0.284 e. The summed E-state index contributed by atoms with van der Waals surface area (Å²) < 4.78 is 1.02. The third-order valence-corrected chi connectivity index (χ3v) is 8.37. The van der Waals surface area contributed by atoms with Crippen LogP contribution in [-0.2, 0) is 4.79 Å². The van der Waals surface area contributed by atoms with E-state index in [2.05, 4.69) is 39.6 Å². The molecule has 0 saturated carbocycles. The van der Waals surface area contributed by atoms with Crippen molar-refractivity contribution in [3.63, 3.8) is 0 Å². The maximum atomic E-state index is 13.6. The molecular weight excluding hydrogens is 555 g/mol. The van der Waals surface area contributed by atoms with E-state index < -0.39 is 0 Å². The second-order valence-electron chi connectivity index (χ2n) is 8.39. The SMILES string of the molecule is O=C(NN1CCCCC1)C1=NN(c2ccc(Cl)cc2Cl)C(c2ccc(Br)s2)C1c1ccccc1. The number of rotatable bonds is 5. The lowest BCUT2D eigenvalue weighted by Crippen LogP contribution is -2.48. The maximum absolute atomic E-state index is 13.6. The van der Waals surface area contributed by atoms with Crippen molar-refractivity contribution in [2.75, 3.05) is 18.1 Å². The van der Waals surface area contributed by atoms with E-state index in [1.54, 1.807) is 23.5 Å². The van der Waals surface area contributed by atoms with Gasteiger partial charge < -0.3 is 0 Å². The molecule has 1 aromatic heterocycles. The molecule has 176 valence electrons. The van der Waals surface area contributed by atoms with Crippen LogP contribution < -0.4 is 10.4 Å². The van der Waals surface area contributed by atoms with E-state index >= 15 is 0 Å². The summed E-state index contributed by atoms with van der Waals surface area (Å²) in [7, 11) is 0. The fourth-order valence-corrected chi connectivity index (χ4v) is 6.61. The minimum atomic E-state index is -0.275. The predicted molar refractivity (Wildman–Crippen MR) is 144 cm³/mol. The number of nitrogens with one attached hydrogen (secondary N) is 1. The summed E-state index contributed by atoms with van der Waals surface area (Å²) in [6.45, 7) is 1.70. The molecule has 2 aliphatic heterocycles. The summed E-state index contributed by atoms with van der Waals surface area (Å²) in [6.07, 6.45) is 3.35. The van der Waals surface area contributed by atoms with Gasteiger partial charge in [0.25, 0.3) is 5.91 Å². The van der Waals surface area contributed by atoms with E-state index in [0.717, 1.165) is 40.2 Å². The van der Waals surface area contributed by atoms with Gasteiger partial charge in [-0.15, -0.1) is 11.3 Å². The van der Waals surface area contributed by atoms with Crippen molar-refractivity contribution < 1.29 is 4.79 Å². The number of amides is 1. The third-order valence-electron chi connectivity index (χ3n) is 6.14. The van der Waals surface area contributed by atoms with E-state index in [1.165, 1.54) is 6.42 Å². The maximum Gasteiger partial charge on any atom is 0.282 e. The lowest BCUT2D eigenvalue weighted by atomic mass is 9.86. The van der Waals surface area contributed by atoms with E-state index in [-0.39, 0.29) is 17.9 Å². The highest BCUT2D eigenvalue weighted by Crippen LogP contribution is 2.48. The molecule has 2 aromatic carbocycles. The Labute approximate surface area is 221 Å². The van der Waals surface area contributed by atoms with Crippen LogP contribution in [0.3, 0.4) is 0 Å². The fraction of sp³-hybridized carbons (Fsp3) is 0.280. The third kappa shape index (κ3) is 4.90. The molecule has 5 nitrogen and oxygen atoms in total. The van der Waals surface area contributed by atoms with Crippen LogP contribution in [0.5, 0.6) is 0 Å². The summed E-state index contributed by atoms with van der Waals surface area (Å²) in [5.41, 5.74) is 5.32. The number of anilines is 1. The van der Waals surface area contributed by atoms with E-state index in [0.29, 0.717) is 21.4 Å². The average molecular weight is 578 g/mol. The van der Waals surface area contributed by atoms with Crippen molar-refractivity contribution in [2.24, 2.45) is 5.10 Å². The number of hydrogen-bond donors (Lipinski definition) is 1. The molecule has 5 rings (SSSR count). The summed E-state index contributed by atoms with van der Waals surface area (Å²) in [5, 5.41) is 9.83. The number of nitrogens with zero attached hydrogens (tertiary/aromatic N) is 3. The summed E-state index contributed by atoms with van der Waals surface area (Å²) in [5.74, 6) is -0.452. The van der Waals surface area contributed by atoms with E-state index in [4.69, 9.17) is 28.3 Å². The van der Waals surface area contributed by atoms with Crippen LogP contribution in [-0.4, -0.2) is 29.7 Å². The number of carbonyl (C=O) groups is 1. The highest BCUT2D eigenvalue weighted by molar-refractivity contribution is 9.11. The molecular formula is C25H23BrCl2N4OS. The number of thiophene rings is 1. The second kappa shape index (κ2) is 10.4. The van der Waals surface area contributed by atoms with Gasteiger partial charge in [-0.1, -0.05) is 60.0 Å². The summed E-state index contributed by atoms with van der Waals surface area (Å²) in [4.78, 5) is 14.7. The molecule has 0 spiro atoms.